The highest BCUT2D eigenvalue weighted by Crippen LogP contribution is 2.22. The quantitative estimate of drug-likeness (QED) is 0.252. The third kappa shape index (κ3) is 7.30. The molecule has 37 heavy (non-hydrogen) atoms. The number of carboxylic acid groups (broad SMARTS) is 1. The number of carboxylic acids is 1. The minimum atomic E-state index is -4.42. The molecule has 202 valence electrons. The average molecular weight is 525 g/mol. The summed E-state index contributed by atoms with van der Waals surface area (Å²) >= 11 is 0. The first-order valence-electron chi connectivity index (χ1n) is 11.7. The third-order valence-electron chi connectivity index (χ3n) is 5.89. The number of rotatable bonds is 10. The lowest BCUT2D eigenvalue weighted by Crippen LogP contribution is -2.58. The van der Waals surface area contributed by atoms with Crippen LogP contribution in [0, 0.1) is 5.92 Å². The van der Waals surface area contributed by atoms with Crippen LogP contribution in [0.5, 0.6) is 0 Å². The van der Waals surface area contributed by atoms with Gasteiger partial charge in [-0.25, -0.2) is 4.79 Å². The Morgan fingerprint density at radius 1 is 1.05 bits per heavy atom. The van der Waals surface area contributed by atoms with E-state index in [0.29, 0.717) is 12.0 Å². The van der Waals surface area contributed by atoms with Gasteiger partial charge in [-0.15, -0.1) is 0 Å². The van der Waals surface area contributed by atoms with Crippen LogP contribution >= 0.6 is 0 Å². The van der Waals surface area contributed by atoms with Crippen LogP contribution in [-0.4, -0.2) is 76.0 Å². The summed E-state index contributed by atoms with van der Waals surface area (Å²) in [5, 5.41) is 15.1. The summed E-state index contributed by atoms with van der Waals surface area (Å²) in [4.78, 5) is 73.8. The number of alkyl halides is 2. The van der Waals surface area contributed by atoms with Crippen LogP contribution in [0.25, 0.3) is 0 Å². The maximum atomic E-state index is 14.5. The number of aliphatic carboxylic acids is 1. The van der Waals surface area contributed by atoms with Crippen LogP contribution in [0.15, 0.2) is 30.3 Å². The Morgan fingerprint density at radius 3 is 2.24 bits per heavy atom. The van der Waals surface area contributed by atoms with Crippen molar-refractivity contribution in [1.29, 1.82) is 0 Å². The van der Waals surface area contributed by atoms with Crippen molar-refractivity contribution < 1.29 is 42.7 Å². The Kier molecular flexibility index (Phi) is 9.81. The molecule has 1 aliphatic heterocycles. The molecular weight excluding hydrogens is 494 g/mol. The minimum absolute atomic E-state index is 0.101. The number of nitrogens with zero attached hydrogens (tertiary/aromatic N) is 1. The fraction of sp³-hybridized carbons (Fsp3) is 0.500. The smallest absolute Gasteiger partial charge is 0.394 e. The fourth-order valence-corrected chi connectivity index (χ4v) is 3.85. The summed E-state index contributed by atoms with van der Waals surface area (Å²) in [6.07, 6.45) is 0.534. The van der Waals surface area contributed by atoms with Crippen molar-refractivity contribution >= 4 is 35.4 Å². The number of Topliss-reactive ketones (excluding diaryl/α,β-unsaturated/α-hetero) is 1. The Balaban J connectivity index is 2.04. The summed E-state index contributed by atoms with van der Waals surface area (Å²) in [6, 6.07) is 4.10. The zero-order chi connectivity index (χ0) is 27.9. The first-order valence-corrected chi connectivity index (χ1v) is 11.7. The van der Waals surface area contributed by atoms with Gasteiger partial charge in [0.05, 0.1) is 6.04 Å². The third-order valence-corrected chi connectivity index (χ3v) is 5.89. The molecule has 11 nitrogen and oxygen atoms in total. The summed E-state index contributed by atoms with van der Waals surface area (Å²) in [7, 11) is 0. The number of carbonyl (C=O) groups is 6. The summed E-state index contributed by atoms with van der Waals surface area (Å²) in [5.74, 6) is -13.4. The molecule has 0 radical (unpaired) electrons. The zero-order valence-electron chi connectivity index (χ0n) is 20.6. The Morgan fingerprint density at radius 2 is 1.68 bits per heavy atom. The predicted octanol–water partition coefficient (Wildman–Crippen LogP) is 0.228. The molecular formula is C24H30F2N4O7. The number of carbonyl (C=O) groups excluding carboxylic acids is 5. The Labute approximate surface area is 211 Å². The maximum absolute atomic E-state index is 14.5. The monoisotopic (exact) mass is 524 g/mol. The molecule has 13 heteroatoms. The average Bonchev–Trinajstić information content (AvgIpc) is 3.35. The molecule has 1 saturated heterocycles. The highest BCUT2D eigenvalue weighted by atomic mass is 19.3. The van der Waals surface area contributed by atoms with Crippen LogP contribution in [0.3, 0.4) is 0 Å². The van der Waals surface area contributed by atoms with Gasteiger partial charge >= 0.3 is 17.8 Å². The lowest BCUT2D eigenvalue weighted by Gasteiger charge is -2.30. The second kappa shape index (κ2) is 12.4. The lowest BCUT2D eigenvalue weighted by atomic mass is 10.0. The normalized spacial score (nSPS) is 17.0. The summed E-state index contributed by atoms with van der Waals surface area (Å²) in [6.45, 7) is 4.02. The van der Waals surface area contributed by atoms with Gasteiger partial charge in [-0.2, -0.15) is 8.78 Å². The number of ketones is 1. The molecule has 0 aliphatic carbocycles. The van der Waals surface area contributed by atoms with Crippen molar-refractivity contribution in [2.24, 2.45) is 5.92 Å². The molecule has 1 fully saturated rings. The van der Waals surface area contributed by atoms with Crippen molar-refractivity contribution in [2.45, 2.75) is 64.2 Å². The number of nitrogens with one attached hydrogen (secondary N) is 3. The van der Waals surface area contributed by atoms with Crippen molar-refractivity contribution in [1.82, 2.24) is 20.9 Å². The van der Waals surface area contributed by atoms with E-state index in [0.717, 1.165) is 11.8 Å². The molecule has 2 rings (SSSR count). The van der Waals surface area contributed by atoms with Crippen LogP contribution in [0.1, 0.15) is 39.2 Å². The second-order valence-corrected chi connectivity index (χ2v) is 9.03. The minimum Gasteiger partial charge on any atom is -0.474 e. The van der Waals surface area contributed by atoms with Crippen LogP contribution < -0.4 is 16.0 Å². The summed E-state index contributed by atoms with van der Waals surface area (Å²) in [5.41, 5.74) is 0.547. The molecule has 1 unspecified atom stereocenters. The van der Waals surface area contributed by atoms with Gasteiger partial charge in [-0.3, -0.25) is 24.0 Å². The number of halogens is 2. The maximum Gasteiger partial charge on any atom is 0.394 e. The van der Waals surface area contributed by atoms with Gasteiger partial charge in [0.2, 0.25) is 17.6 Å². The van der Waals surface area contributed by atoms with E-state index in [1.165, 1.54) is 0 Å². The van der Waals surface area contributed by atoms with E-state index in [1.54, 1.807) is 44.2 Å². The van der Waals surface area contributed by atoms with Crippen molar-refractivity contribution in [3.8, 4) is 0 Å². The van der Waals surface area contributed by atoms with Gasteiger partial charge < -0.3 is 26.0 Å². The first-order chi connectivity index (χ1) is 17.3. The molecule has 0 spiro atoms. The van der Waals surface area contributed by atoms with Crippen molar-refractivity contribution in [3.05, 3.63) is 35.9 Å². The number of hydrogen-bond acceptors (Lipinski definition) is 6. The van der Waals surface area contributed by atoms with Gasteiger partial charge in [0, 0.05) is 13.1 Å². The first kappa shape index (κ1) is 29.3. The van der Waals surface area contributed by atoms with Gasteiger partial charge in [-0.1, -0.05) is 44.2 Å². The van der Waals surface area contributed by atoms with E-state index >= 15 is 0 Å². The van der Waals surface area contributed by atoms with E-state index in [4.69, 9.17) is 5.11 Å². The molecule has 4 amide bonds. The van der Waals surface area contributed by atoms with Crippen LogP contribution in [0.2, 0.25) is 0 Å². The van der Waals surface area contributed by atoms with Gasteiger partial charge in [0.25, 0.3) is 5.91 Å². The SMILES string of the molecule is CC(C)[C@H](NC(=O)C(=O)O)C(=O)N1CCCC1C(=O)N[C@@H](C)C(=O)C(F)(F)C(=O)NCc1ccccc1. The van der Waals surface area contributed by atoms with Gasteiger partial charge in [0.15, 0.2) is 0 Å². The van der Waals surface area contributed by atoms with E-state index in [2.05, 4.69) is 10.6 Å². The molecule has 0 aromatic heterocycles. The highest BCUT2D eigenvalue weighted by molar-refractivity contribution is 6.32. The molecule has 4 N–H and O–H groups in total. The molecule has 1 heterocycles. The number of likely N-dealkylation sites (tertiary alicyclic amines) is 1. The molecule has 0 saturated carbocycles. The zero-order valence-corrected chi connectivity index (χ0v) is 20.6. The second-order valence-electron chi connectivity index (χ2n) is 9.03. The Hall–Kier alpha value is -3.90. The topological polar surface area (TPSA) is 162 Å². The van der Waals surface area contributed by atoms with Crippen molar-refractivity contribution in [2.75, 3.05) is 6.54 Å². The van der Waals surface area contributed by atoms with E-state index in [1.807, 2.05) is 5.32 Å². The van der Waals surface area contributed by atoms with Crippen LogP contribution in [-0.2, 0) is 35.3 Å². The largest absolute Gasteiger partial charge is 0.474 e. The number of amides is 4. The van der Waals surface area contributed by atoms with E-state index in [9.17, 15) is 37.5 Å². The molecule has 1 aromatic carbocycles. The van der Waals surface area contributed by atoms with Crippen LogP contribution in [0.4, 0.5) is 8.78 Å². The fourth-order valence-electron chi connectivity index (χ4n) is 3.85. The van der Waals surface area contributed by atoms with Gasteiger partial charge in [-0.05, 0) is 31.2 Å². The van der Waals surface area contributed by atoms with E-state index in [-0.39, 0.29) is 19.5 Å². The Bertz CT molecular complexity index is 1050. The standard InChI is InChI=1S/C24H30F2N4O7/c1-13(2)17(29-20(33)22(35)36)21(34)30-11-7-10-16(30)19(32)28-14(3)18(31)24(25,26)23(37)27-12-15-8-5-4-6-9-15/h4-6,8-9,13-14,16-17H,7,10-12H2,1-3H3,(H,27,37)(H,28,32)(H,29,33)(H,35,36)/t14-,16?,17-/m0/s1. The number of benzene rings is 1. The van der Waals surface area contributed by atoms with E-state index < -0.39 is 65.3 Å². The van der Waals surface area contributed by atoms with Gasteiger partial charge in [0.1, 0.15) is 12.1 Å². The van der Waals surface area contributed by atoms with Crippen molar-refractivity contribution in [3.63, 3.8) is 0 Å². The number of hydrogen-bond donors (Lipinski definition) is 4. The molecule has 3 atom stereocenters. The molecule has 0 bridgehead atoms. The predicted molar refractivity (Wildman–Crippen MR) is 125 cm³/mol. The molecule has 1 aliphatic rings. The lowest BCUT2D eigenvalue weighted by molar-refractivity contribution is -0.160. The summed E-state index contributed by atoms with van der Waals surface area (Å²) < 4.78 is 29.0. The highest BCUT2D eigenvalue weighted by Gasteiger charge is 2.50. The molecule has 1 aromatic rings.